The molecule has 0 saturated heterocycles. The molecule has 0 amide bonds. The van der Waals surface area contributed by atoms with Crippen LogP contribution in [0, 0.1) is 5.82 Å². The number of benzene rings is 1. The molecule has 1 heterocycles. The van der Waals surface area contributed by atoms with Crippen molar-refractivity contribution >= 4 is 0 Å². The summed E-state index contributed by atoms with van der Waals surface area (Å²) in [6.45, 7) is 0. The summed E-state index contributed by atoms with van der Waals surface area (Å²) in [5.41, 5.74) is -1.27. The van der Waals surface area contributed by atoms with E-state index in [1.54, 1.807) is 0 Å². The molecule has 6 nitrogen and oxygen atoms in total. The van der Waals surface area contributed by atoms with Crippen molar-refractivity contribution in [3.8, 4) is 11.7 Å². The lowest BCUT2D eigenvalue weighted by Gasteiger charge is -2.04. The van der Waals surface area contributed by atoms with Gasteiger partial charge in [0.25, 0.3) is 0 Å². The van der Waals surface area contributed by atoms with Crippen LogP contribution in [0.15, 0.2) is 33.9 Å². The summed E-state index contributed by atoms with van der Waals surface area (Å²) >= 11 is 0. The van der Waals surface area contributed by atoms with Crippen molar-refractivity contribution in [1.29, 1.82) is 0 Å². The Morgan fingerprint density at radius 3 is 2.47 bits per heavy atom. The molecule has 0 aliphatic rings. The number of hydrogen-bond acceptors (Lipinski definition) is 4. The van der Waals surface area contributed by atoms with Gasteiger partial charge < -0.3 is 4.74 Å². The van der Waals surface area contributed by atoms with Crippen molar-refractivity contribution < 1.29 is 9.13 Å². The zero-order chi connectivity index (χ0) is 12.4. The molecular weight excluding hydrogens is 229 g/mol. The van der Waals surface area contributed by atoms with E-state index in [1.165, 1.54) is 19.2 Å². The molecule has 0 radical (unpaired) electrons. The fourth-order valence-corrected chi connectivity index (χ4v) is 1.31. The van der Waals surface area contributed by atoms with Crippen molar-refractivity contribution in [3.05, 3.63) is 51.1 Å². The summed E-state index contributed by atoms with van der Waals surface area (Å²) in [6, 6.07) is 4.73. The second-order valence-electron chi connectivity index (χ2n) is 3.15. The highest BCUT2D eigenvalue weighted by Crippen LogP contribution is 2.04. The van der Waals surface area contributed by atoms with Gasteiger partial charge in [0.15, 0.2) is 0 Å². The highest BCUT2D eigenvalue weighted by molar-refractivity contribution is 5.31. The third-order valence-electron chi connectivity index (χ3n) is 2.08. The van der Waals surface area contributed by atoms with Gasteiger partial charge in [-0.05, 0) is 24.3 Å². The van der Waals surface area contributed by atoms with Crippen LogP contribution in [0.4, 0.5) is 4.39 Å². The highest BCUT2D eigenvalue weighted by atomic mass is 19.1. The largest absolute Gasteiger partial charge is 0.468 e. The Morgan fingerprint density at radius 1 is 1.29 bits per heavy atom. The fourth-order valence-electron chi connectivity index (χ4n) is 1.31. The summed E-state index contributed by atoms with van der Waals surface area (Å²) < 4.78 is 18.1. The lowest BCUT2D eigenvalue weighted by Crippen LogP contribution is -2.35. The molecule has 1 aromatic heterocycles. The van der Waals surface area contributed by atoms with E-state index >= 15 is 0 Å². The first kappa shape index (κ1) is 11.1. The molecule has 88 valence electrons. The fraction of sp³-hybridized carbons (Fsp3) is 0.100. The topological polar surface area (TPSA) is 77.0 Å². The lowest BCUT2D eigenvalue weighted by atomic mass is 10.3. The number of rotatable bonds is 2. The van der Waals surface area contributed by atoms with Gasteiger partial charge in [-0.2, -0.15) is 0 Å². The van der Waals surface area contributed by atoms with Crippen LogP contribution in [-0.4, -0.2) is 21.6 Å². The molecule has 0 saturated carbocycles. The lowest BCUT2D eigenvalue weighted by molar-refractivity contribution is 0.371. The standard InChI is InChI=1S/C10H8FN3O3/c1-17-8-12-9(15)14(10(16)13-8)7-4-2-6(11)3-5-7/h2-5H,1H3,(H,12,13,15,16). The summed E-state index contributed by atoms with van der Waals surface area (Å²) in [4.78, 5) is 28.9. The van der Waals surface area contributed by atoms with Crippen LogP contribution < -0.4 is 16.1 Å². The van der Waals surface area contributed by atoms with Gasteiger partial charge >= 0.3 is 17.4 Å². The van der Waals surface area contributed by atoms with E-state index in [1.807, 2.05) is 0 Å². The Balaban J connectivity index is 2.64. The summed E-state index contributed by atoms with van der Waals surface area (Å²) in [7, 11) is 1.28. The minimum absolute atomic E-state index is 0.168. The first-order chi connectivity index (χ1) is 8.11. The van der Waals surface area contributed by atoms with Crippen molar-refractivity contribution in [1.82, 2.24) is 14.5 Å². The van der Waals surface area contributed by atoms with Crippen molar-refractivity contribution in [3.63, 3.8) is 0 Å². The molecule has 7 heteroatoms. The number of halogens is 1. The Morgan fingerprint density at radius 2 is 1.94 bits per heavy atom. The molecule has 17 heavy (non-hydrogen) atoms. The van der Waals surface area contributed by atoms with Crippen molar-refractivity contribution in [2.75, 3.05) is 7.11 Å². The summed E-state index contributed by atoms with van der Waals surface area (Å²) in [5, 5.41) is 0. The molecule has 0 aliphatic carbocycles. The number of hydrogen-bond donors (Lipinski definition) is 1. The van der Waals surface area contributed by atoms with Gasteiger partial charge in [-0.3, -0.25) is 4.98 Å². The van der Waals surface area contributed by atoms with E-state index in [4.69, 9.17) is 0 Å². The first-order valence-corrected chi connectivity index (χ1v) is 4.65. The van der Waals surface area contributed by atoms with Crippen LogP contribution in [-0.2, 0) is 0 Å². The summed E-state index contributed by atoms with van der Waals surface area (Å²) in [5.74, 6) is -0.459. The first-order valence-electron chi connectivity index (χ1n) is 4.65. The maximum Gasteiger partial charge on any atom is 0.360 e. The molecule has 1 N–H and O–H groups in total. The number of aromatic nitrogens is 3. The number of H-pyrrole nitrogens is 1. The van der Waals surface area contributed by atoms with Crippen LogP contribution >= 0.6 is 0 Å². The van der Waals surface area contributed by atoms with Gasteiger partial charge in [-0.1, -0.05) is 0 Å². The quantitative estimate of drug-likeness (QED) is 0.801. The van der Waals surface area contributed by atoms with Crippen molar-refractivity contribution in [2.24, 2.45) is 0 Å². The smallest absolute Gasteiger partial charge is 0.360 e. The molecule has 0 atom stereocenters. The number of nitrogens with zero attached hydrogens (tertiary/aromatic N) is 2. The number of ether oxygens (including phenoxy) is 1. The predicted octanol–water partition coefficient (Wildman–Crippen LogP) is 0.0685. The SMILES string of the molecule is COc1nc(=O)n(-c2ccc(F)cc2)c(=O)[nH]1. The molecule has 1 aromatic carbocycles. The number of aromatic amines is 1. The Bertz CT molecular complexity index is 614. The van der Waals surface area contributed by atoms with Gasteiger partial charge in [-0.25, -0.2) is 18.5 Å². The zero-order valence-corrected chi connectivity index (χ0v) is 8.81. The zero-order valence-electron chi connectivity index (χ0n) is 8.81. The van der Waals surface area contributed by atoms with E-state index in [0.717, 1.165) is 16.7 Å². The van der Waals surface area contributed by atoms with Gasteiger partial charge in [0, 0.05) is 0 Å². The minimum atomic E-state index is -0.794. The second kappa shape index (κ2) is 4.20. The number of nitrogens with one attached hydrogen (secondary N) is 1. The van der Waals surface area contributed by atoms with Gasteiger partial charge in [0.05, 0.1) is 12.8 Å². The van der Waals surface area contributed by atoms with Crippen LogP contribution in [0.3, 0.4) is 0 Å². The molecule has 0 unspecified atom stereocenters. The third-order valence-corrected chi connectivity index (χ3v) is 2.08. The molecular formula is C10H8FN3O3. The number of methoxy groups -OCH3 is 1. The normalized spacial score (nSPS) is 10.2. The Kier molecular flexibility index (Phi) is 2.73. The molecule has 0 spiro atoms. The molecule has 0 fully saturated rings. The molecule has 2 rings (SSSR count). The van der Waals surface area contributed by atoms with Gasteiger partial charge in [0.2, 0.25) is 0 Å². The maximum absolute atomic E-state index is 12.7. The van der Waals surface area contributed by atoms with E-state index in [2.05, 4.69) is 14.7 Å². The van der Waals surface area contributed by atoms with Gasteiger partial charge in [0.1, 0.15) is 5.82 Å². The van der Waals surface area contributed by atoms with E-state index < -0.39 is 17.2 Å². The molecule has 0 bridgehead atoms. The molecule has 2 aromatic rings. The van der Waals surface area contributed by atoms with Crippen LogP contribution in [0.2, 0.25) is 0 Å². The van der Waals surface area contributed by atoms with E-state index in [9.17, 15) is 14.0 Å². The summed E-state index contributed by atoms with van der Waals surface area (Å²) in [6.07, 6.45) is 0. The van der Waals surface area contributed by atoms with Crippen LogP contribution in [0.5, 0.6) is 6.01 Å². The maximum atomic E-state index is 12.7. The Hall–Kier alpha value is -2.44. The monoisotopic (exact) mass is 237 g/mol. The van der Waals surface area contributed by atoms with E-state index in [-0.39, 0.29) is 11.7 Å². The second-order valence-corrected chi connectivity index (χ2v) is 3.15. The highest BCUT2D eigenvalue weighted by Gasteiger charge is 2.08. The average molecular weight is 237 g/mol. The minimum Gasteiger partial charge on any atom is -0.468 e. The predicted molar refractivity (Wildman–Crippen MR) is 57.0 cm³/mol. The van der Waals surface area contributed by atoms with Crippen LogP contribution in [0.1, 0.15) is 0 Å². The van der Waals surface area contributed by atoms with Gasteiger partial charge in [-0.15, -0.1) is 4.98 Å². The van der Waals surface area contributed by atoms with Crippen molar-refractivity contribution in [2.45, 2.75) is 0 Å². The Labute approximate surface area is 94.3 Å². The average Bonchev–Trinajstić information content (AvgIpc) is 2.30. The van der Waals surface area contributed by atoms with E-state index in [0.29, 0.717) is 0 Å². The third kappa shape index (κ3) is 2.07. The van der Waals surface area contributed by atoms with Crippen LogP contribution in [0.25, 0.3) is 5.69 Å². The molecule has 0 aliphatic heterocycles.